The Morgan fingerprint density at radius 1 is 1.20 bits per heavy atom. The van der Waals surface area contributed by atoms with Gasteiger partial charge in [0.15, 0.2) is 11.8 Å². The van der Waals surface area contributed by atoms with E-state index in [1.165, 1.54) is 0 Å². The number of hydrogen-bond donors (Lipinski definition) is 1. The molecule has 162 valence electrons. The molecule has 8 heteroatoms. The Kier molecular flexibility index (Phi) is 6.84. The zero-order valence-electron chi connectivity index (χ0n) is 18.0. The van der Waals surface area contributed by atoms with Gasteiger partial charge in [-0.2, -0.15) is 0 Å². The molecular weight excluding hydrogens is 380 g/mol. The summed E-state index contributed by atoms with van der Waals surface area (Å²) >= 11 is 0. The molecule has 1 unspecified atom stereocenters. The maximum Gasteiger partial charge on any atom is 0.194 e. The fourth-order valence-electron chi connectivity index (χ4n) is 3.89. The topological polar surface area (TPSA) is 76.8 Å². The average molecular weight is 413 g/mol. The zero-order valence-corrected chi connectivity index (χ0v) is 18.0. The molecular formula is C22H32N6O2. The van der Waals surface area contributed by atoms with Crippen molar-refractivity contribution in [2.75, 3.05) is 26.2 Å². The van der Waals surface area contributed by atoms with Crippen LogP contribution in [0.3, 0.4) is 0 Å². The predicted octanol–water partition coefficient (Wildman–Crippen LogP) is 2.29. The van der Waals surface area contributed by atoms with Crippen molar-refractivity contribution in [2.45, 2.75) is 51.4 Å². The third-order valence-electron chi connectivity index (χ3n) is 5.85. The number of aliphatic imine (C=N–C) groups is 1. The van der Waals surface area contributed by atoms with Crippen LogP contribution in [0, 0.1) is 6.92 Å². The summed E-state index contributed by atoms with van der Waals surface area (Å²) in [6.07, 6.45) is 4.70. The molecule has 2 saturated heterocycles. The summed E-state index contributed by atoms with van der Waals surface area (Å²) in [5, 5.41) is 11.9. The molecule has 0 aliphatic carbocycles. The number of piperidine rings is 1. The van der Waals surface area contributed by atoms with Crippen molar-refractivity contribution in [3.63, 3.8) is 0 Å². The molecule has 1 N–H and O–H groups in total. The number of nitrogens with zero attached hydrogens (tertiary/aromatic N) is 5. The maximum atomic E-state index is 6.14. The van der Waals surface area contributed by atoms with E-state index >= 15 is 0 Å². The standard InChI is InChI=1S/C22H32N6O2/c1-17-25-26-21(27(17)2)16-24-22(23-15-20-9-6-14-29-20)28-12-10-19(11-13-28)30-18-7-4-3-5-8-18/h3-5,7-8,19-20H,6,9-16H2,1-2H3,(H,23,24). The second kappa shape index (κ2) is 9.93. The van der Waals surface area contributed by atoms with Gasteiger partial charge in [-0.25, -0.2) is 4.99 Å². The maximum absolute atomic E-state index is 6.14. The highest BCUT2D eigenvalue weighted by Gasteiger charge is 2.24. The van der Waals surface area contributed by atoms with E-state index in [4.69, 9.17) is 14.5 Å². The molecule has 30 heavy (non-hydrogen) atoms. The highest BCUT2D eigenvalue weighted by molar-refractivity contribution is 5.80. The Labute approximate surface area is 178 Å². The molecule has 2 aromatic rings. The fourth-order valence-corrected chi connectivity index (χ4v) is 3.89. The number of likely N-dealkylation sites (tertiary alicyclic amines) is 1. The average Bonchev–Trinajstić information content (AvgIpc) is 3.40. The first-order valence-electron chi connectivity index (χ1n) is 10.9. The zero-order chi connectivity index (χ0) is 20.8. The number of nitrogens with one attached hydrogen (secondary N) is 1. The van der Waals surface area contributed by atoms with Gasteiger partial charge in [-0.1, -0.05) is 18.2 Å². The van der Waals surface area contributed by atoms with E-state index in [9.17, 15) is 0 Å². The van der Waals surface area contributed by atoms with E-state index in [0.29, 0.717) is 6.54 Å². The molecule has 4 rings (SSSR count). The molecule has 3 heterocycles. The number of benzene rings is 1. The SMILES string of the molecule is Cc1nnc(CN=C(NCC2CCCO2)N2CCC(Oc3ccccc3)CC2)n1C. The third-order valence-corrected chi connectivity index (χ3v) is 5.85. The Morgan fingerprint density at radius 3 is 2.67 bits per heavy atom. The largest absolute Gasteiger partial charge is 0.490 e. The van der Waals surface area contributed by atoms with Gasteiger partial charge in [0.05, 0.1) is 6.10 Å². The molecule has 8 nitrogen and oxygen atoms in total. The number of para-hydroxylation sites is 1. The second-order valence-corrected chi connectivity index (χ2v) is 8.00. The van der Waals surface area contributed by atoms with Gasteiger partial charge in [0.1, 0.15) is 24.2 Å². The van der Waals surface area contributed by atoms with Crippen molar-refractivity contribution < 1.29 is 9.47 Å². The van der Waals surface area contributed by atoms with Gasteiger partial charge in [-0.05, 0) is 31.9 Å². The Bertz CT molecular complexity index is 823. The molecule has 1 atom stereocenters. The van der Waals surface area contributed by atoms with Crippen LogP contribution >= 0.6 is 0 Å². The fraction of sp³-hybridized carbons (Fsp3) is 0.591. The van der Waals surface area contributed by atoms with E-state index in [1.54, 1.807) is 0 Å². The number of aromatic nitrogens is 3. The Hall–Kier alpha value is -2.61. The van der Waals surface area contributed by atoms with E-state index < -0.39 is 0 Å². The summed E-state index contributed by atoms with van der Waals surface area (Å²) in [6.45, 7) is 5.93. The quantitative estimate of drug-likeness (QED) is 0.580. The molecule has 2 aliphatic heterocycles. The minimum Gasteiger partial charge on any atom is -0.490 e. The number of ether oxygens (including phenoxy) is 2. The van der Waals surface area contributed by atoms with Gasteiger partial charge in [-0.3, -0.25) is 0 Å². The summed E-state index contributed by atoms with van der Waals surface area (Å²) in [6, 6.07) is 10.1. The van der Waals surface area contributed by atoms with Crippen LogP contribution in [0.2, 0.25) is 0 Å². The molecule has 2 aliphatic rings. The lowest BCUT2D eigenvalue weighted by atomic mass is 10.1. The van der Waals surface area contributed by atoms with Crippen LogP contribution in [0.25, 0.3) is 0 Å². The molecule has 1 aromatic carbocycles. The van der Waals surface area contributed by atoms with E-state index in [1.807, 2.05) is 48.9 Å². The van der Waals surface area contributed by atoms with Crippen LogP contribution in [0.4, 0.5) is 0 Å². The first kappa shape index (κ1) is 20.7. The lowest BCUT2D eigenvalue weighted by molar-refractivity contribution is 0.110. The van der Waals surface area contributed by atoms with Gasteiger partial charge in [0.2, 0.25) is 0 Å². The van der Waals surface area contributed by atoms with Gasteiger partial charge in [-0.15, -0.1) is 10.2 Å². The molecule has 0 bridgehead atoms. The van der Waals surface area contributed by atoms with Crippen LogP contribution in [0.1, 0.15) is 37.3 Å². The van der Waals surface area contributed by atoms with Crippen LogP contribution in [0.15, 0.2) is 35.3 Å². The minimum absolute atomic E-state index is 0.240. The smallest absolute Gasteiger partial charge is 0.194 e. The monoisotopic (exact) mass is 412 g/mol. The van der Waals surface area contributed by atoms with Crippen molar-refractivity contribution >= 4 is 5.96 Å². The summed E-state index contributed by atoms with van der Waals surface area (Å²) in [7, 11) is 1.98. The van der Waals surface area contributed by atoms with Crippen LogP contribution < -0.4 is 10.1 Å². The second-order valence-electron chi connectivity index (χ2n) is 8.00. The van der Waals surface area contributed by atoms with Crippen molar-refractivity contribution in [2.24, 2.45) is 12.0 Å². The number of hydrogen-bond acceptors (Lipinski definition) is 5. The van der Waals surface area contributed by atoms with Gasteiger partial charge >= 0.3 is 0 Å². The molecule has 2 fully saturated rings. The molecule has 0 amide bonds. The lowest BCUT2D eigenvalue weighted by Crippen LogP contribution is -2.49. The van der Waals surface area contributed by atoms with Crippen molar-refractivity contribution in [3.8, 4) is 5.75 Å². The summed E-state index contributed by atoms with van der Waals surface area (Å²) in [5.41, 5.74) is 0. The van der Waals surface area contributed by atoms with E-state index in [2.05, 4.69) is 20.4 Å². The van der Waals surface area contributed by atoms with Crippen LogP contribution in [-0.4, -0.2) is 64.1 Å². The van der Waals surface area contributed by atoms with Gasteiger partial charge in [0, 0.05) is 46.1 Å². The highest BCUT2D eigenvalue weighted by Crippen LogP contribution is 2.19. The van der Waals surface area contributed by atoms with Crippen molar-refractivity contribution in [1.82, 2.24) is 25.0 Å². The molecule has 0 radical (unpaired) electrons. The van der Waals surface area contributed by atoms with Gasteiger partial charge < -0.3 is 24.3 Å². The summed E-state index contributed by atoms with van der Waals surface area (Å²) in [5.74, 6) is 3.63. The lowest BCUT2D eigenvalue weighted by Gasteiger charge is -2.34. The Morgan fingerprint density at radius 2 is 2.00 bits per heavy atom. The minimum atomic E-state index is 0.240. The molecule has 0 spiro atoms. The molecule has 0 saturated carbocycles. The number of guanidine groups is 1. The summed E-state index contributed by atoms with van der Waals surface area (Å²) in [4.78, 5) is 7.20. The summed E-state index contributed by atoms with van der Waals surface area (Å²) < 4.78 is 13.9. The van der Waals surface area contributed by atoms with Crippen LogP contribution in [-0.2, 0) is 18.3 Å². The van der Waals surface area contributed by atoms with E-state index in [0.717, 1.165) is 75.3 Å². The number of rotatable bonds is 6. The van der Waals surface area contributed by atoms with Crippen molar-refractivity contribution in [3.05, 3.63) is 42.0 Å². The Balaban J connectivity index is 1.37. The van der Waals surface area contributed by atoms with Gasteiger partial charge in [0.25, 0.3) is 0 Å². The first-order chi connectivity index (χ1) is 14.7. The first-order valence-corrected chi connectivity index (χ1v) is 10.9. The molecule has 1 aromatic heterocycles. The van der Waals surface area contributed by atoms with E-state index in [-0.39, 0.29) is 12.2 Å². The predicted molar refractivity (Wildman–Crippen MR) is 116 cm³/mol. The normalized spacial score (nSPS) is 20.5. The third kappa shape index (κ3) is 5.30. The number of aryl methyl sites for hydroxylation is 1. The highest BCUT2D eigenvalue weighted by atomic mass is 16.5. The van der Waals surface area contributed by atoms with Crippen LogP contribution in [0.5, 0.6) is 5.75 Å². The van der Waals surface area contributed by atoms with Crippen molar-refractivity contribution in [1.29, 1.82) is 0 Å².